The van der Waals surface area contributed by atoms with Crippen molar-refractivity contribution in [1.29, 1.82) is 0 Å². The summed E-state index contributed by atoms with van der Waals surface area (Å²) < 4.78 is 13.4. The van der Waals surface area contributed by atoms with Crippen molar-refractivity contribution in [3.05, 3.63) is 131 Å². The average Bonchev–Trinajstić information content (AvgIpc) is 3.18. The van der Waals surface area contributed by atoms with Crippen LogP contribution in [-0.4, -0.2) is 70.8 Å². The first kappa shape index (κ1) is 36.4. The molecule has 0 bridgehead atoms. The van der Waals surface area contributed by atoms with Crippen LogP contribution in [0.25, 0.3) is 11.1 Å². The standard InChI is InChI=1S/C41H48N4O6/c46-29-31-15-17-33(18-16-31)38-25-37(28-45-21-19-44(20-22-45)27-30-7-2-1-3-8-30)50-41(51-38)36-12-5-11-35(24-36)34-10-4-9-32(23-34)26-42-39(47)13-6-14-40(48)43-49/h1-5,7-12,15-18,23-24,37-38,41,46,49H,6,13-14,19-22,25-29H2,(H,42,47)(H,43,48)/t37-,38+,41+/m1/s1. The third kappa shape index (κ3) is 10.6. The summed E-state index contributed by atoms with van der Waals surface area (Å²) in [7, 11) is 0. The number of aliphatic hydroxyl groups is 1. The van der Waals surface area contributed by atoms with Crippen LogP contribution in [0.15, 0.2) is 103 Å². The summed E-state index contributed by atoms with van der Waals surface area (Å²) in [6.45, 7) is 6.17. The zero-order valence-corrected chi connectivity index (χ0v) is 29.0. The molecule has 10 heteroatoms. The number of hydroxylamine groups is 1. The third-order valence-electron chi connectivity index (χ3n) is 9.63. The highest BCUT2D eigenvalue weighted by molar-refractivity contribution is 5.78. The van der Waals surface area contributed by atoms with Gasteiger partial charge in [0.25, 0.3) is 0 Å². The Labute approximate surface area is 300 Å². The van der Waals surface area contributed by atoms with Crippen molar-refractivity contribution in [2.75, 3.05) is 32.7 Å². The minimum Gasteiger partial charge on any atom is -0.392 e. The Balaban J connectivity index is 1.12. The number of rotatable bonds is 14. The molecule has 51 heavy (non-hydrogen) atoms. The molecule has 10 nitrogen and oxygen atoms in total. The van der Waals surface area contributed by atoms with Gasteiger partial charge in [0.1, 0.15) is 0 Å². The minimum absolute atomic E-state index is 0.00227. The van der Waals surface area contributed by atoms with E-state index in [1.165, 1.54) is 5.56 Å². The number of nitrogens with one attached hydrogen (secondary N) is 2. The monoisotopic (exact) mass is 692 g/mol. The lowest BCUT2D eigenvalue weighted by Crippen LogP contribution is -2.49. The van der Waals surface area contributed by atoms with Gasteiger partial charge in [-0.15, -0.1) is 0 Å². The molecule has 0 saturated carbocycles. The van der Waals surface area contributed by atoms with Gasteiger partial charge in [-0.05, 0) is 51.9 Å². The van der Waals surface area contributed by atoms with E-state index in [-0.39, 0.29) is 37.6 Å². The van der Waals surface area contributed by atoms with Crippen LogP contribution in [0.1, 0.15) is 65.9 Å². The highest BCUT2D eigenvalue weighted by atomic mass is 16.7. The Hall–Kier alpha value is -4.42. The van der Waals surface area contributed by atoms with E-state index in [1.807, 2.05) is 54.6 Å². The molecule has 2 fully saturated rings. The molecule has 2 aliphatic heterocycles. The zero-order chi connectivity index (χ0) is 35.4. The van der Waals surface area contributed by atoms with Crippen LogP contribution < -0.4 is 10.8 Å². The van der Waals surface area contributed by atoms with Crippen molar-refractivity contribution in [2.45, 2.75) is 63.9 Å². The predicted molar refractivity (Wildman–Crippen MR) is 194 cm³/mol. The Kier molecular flexibility index (Phi) is 13.0. The molecule has 0 aromatic heterocycles. The smallest absolute Gasteiger partial charge is 0.243 e. The maximum absolute atomic E-state index is 12.3. The average molecular weight is 693 g/mol. The van der Waals surface area contributed by atoms with Crippen LogP contribution in [0, 0.1) is 0 Å². The molecule has 2 saturated heterocycles. The normalized spacial score (nSPS) is 19.8. The molecule has 2 amide bonds. The van der Waals surface area contributed by atoms with E-state index in [0.29, 0.717) is 13.0 Å². The molecule has 4 aromatic carbocycles. The first-order chi connectivity index (χ1) is 24.9. The summed E-state index contributed by atoms with van der Waals surface area (Å²) in [5, 5.41) is 21.2. The fourth-order valence-electron chi connectivity index (χ4n) is 6.77. The number of benzene rings is 4. The first-order valence-electron chi connectivity index (χ1n) is 17.8. The number of ether oxygens (including phenoxy) is 2. The zero-order valence-electron chi connectivity index (χ0n) is 29.0. The molecule has 2 aliphatic rings. The summed E-state index contributed by atoms with van der Waals surface area (Å²) in [5.74, 6) is -0.651. The van der Waals surface area contributed by atoms with E-state index in [0.717, 1.165) is 79.1 Å². The maximum Gasteiger partial charge on any atom is 0.243 e. The molecule has 4 N–H and O–H groups in total. The molecular weight excluding hydrogens is 644 g/mol. The molecule has 3 atom stereocenters. The van der Waals surface area contributed by atoms with Crippen molar-refractivity contribution in [1.82, 2.24) is 20.6 Å². The SMILES string of the molecule is O=C(CCCC(=O)NCc1cccc(-c2cccc([C@H]3O[C@@H](CN4CCN(Cc5ccccc5)CC4)C[C@@H](c4ccc(CO)cc4)O3)c2)c1)NO. The van der Waals surface area contributed by atoms with Gasteiger partial charge in [-0.1, -0.05) is 91.0 Å². The molecule has 0 spiro atoms. The molecular formula is C41H48N4O6. The second-order valence-corrected chi connectivity index (χ2v) is 13.4. The number of hydrogen-bond acceptors (Lipinski definition) is 8. The van der Waals surface area contributed by atoms with Crippen LogP contribution >= 0.6 is 0 Å². The van der Waals surface area contributed by atoms with Crippen molar-refractivity contribution < 1.29 is 29.4 Å². The summed E-state index contributed by atoms with van der Waals surface area (Å²) in [5.41, 5.74) is 8.80. The lowest BCUT2D eigenvalue weighted by atomic mass is 9.98. The van der Waals surface area contributed by atoms with E-state index < -0.39 is 12.2 Å². The van der Waals surface area contributed by atoms with Gasteiger partial charge in [-0.25, -0.2) is 5.48 Å². The van der Waals surface area contributed by atoms with Gasteiger partial charge in [0.15, 0.2) is 6.29 Å². The topological polar surface area (TPSA) is 124 Å². The highest BCUT2D eigenvalue weighted by Crippen LogP contribution is 2.39. The number of carbonyl (C=O) groups excluding carboxylic acids is 2. The van der Waals surface area contributed by atoms with Crippen molar-refractivity contribution in [3.8, 4) is 11.1 Å². The van der Waals surface area contributed by atoms with E-state index in [4.69, 9.17) is 14.7 Å². The van der Waals surface area contributed by atoms with Crippen LogP contribution in [0.5, 0.6) is 0 Å². The van der Waals surface area contributed by atoms with Gasteiger partial charge in [0.05, 0.1) is 18.8 Å². The predicted octanol–water partition coefficient (Wildman–Crippen LogP) is 5.50. The molecule has 4 aromatic rings. The Morgan fingerprint density at radius 3 is 2.14 bits per heavy atom. The van der Waals surface area contributed by atoms with Gasteiger partial charge in [0, 0.05) is 70.6 Å². The summed E-state index contributed by atoms with van der Waals surface area (Å²) >= 11 is 0. The van der Waals surface area contributed by atoms with Crippen molar-refractivity contribution >= 4 is 11.8 Å². The van der Waals surface area contributed by atoms with Gasteiger partial charge >= 0.3 is 0 Å². The highest BCUT2D eigenvalue weighted by Gasteiger charge is 2.34. The third-order valence-corrected chi connectivity index (χ3v) is 9.63. The maximum atomic E-state index is 12.3. The Morgan fingerprint density at radius 2 is 1.39 bits per heavy atom. The van der Waals surface area contributed by atoms with Crippen LogP contribution in [0.2, 0.25) is 0 Å². The van der Waals surface area contributed by atoms with E-state index in [2.05, 4.69) is 63.6 Å². The summed E-state index contributed by atoms with van der Waals surface area (Å²) in [4.78, 5) is 28.5. The molecule has 0 radical (unpaired) electrons. The number of hydrogen-bond donors (Lipinski definition) is 4. The molecule has 6 rings (SSSR count). The number of piperazine rings is 1. The lowest BCUT2D eigenvalue weighted by molar-refractivity contribution is -0.253. The fraction of sp³-hybridized carbons (Fsp3) is 0.366. The largest absolute Gasteiger partial charge is 0.392 e. The number of amides is 2. The quantitative estimate of drug-likeness (QED) is 0.101. The van der Waals surface area contributed by atoms with E-state index in [9.17, 15) is 14.7 Å². The van der Waals surface area contributed by atoms with Crippen LogP contribution in [0.3, 0.4) is 0 Å². The second-order valence-electron chi connectivity index (χ2n) is 13.4. The molecule has 2 heterocycles. The summed E-state index contributed by atoms with van der Waals surface area (Å²) in [6.07, 6.45) is 0.650. The van der Waals surface area contributed by atoms with Gasteiger partial charge in [-0.2, -0.15) is 0 Å². The van der Waals surface area contributed by atoms with Gasteiger partial charge < -0.3 is 19.9 Å². The summed E-state index contributed by atoms with van der Waals surface area (Å²) in [6, 6.07) is 35.0. The van der Waals surface area contributed by atoms with Crippen LogP contribution in [-0.2, 0) is 38.8 Å². The Morgan fingerprint density at radius 1 is 0.706 bits per heavy atom. The molecule has 0 aliphatic carbocycles. The number of carbonyl (C=O) groups is 2. The Bertz CT molecular complexity index is 1710. The van der Waals surface area contributed by atoms with Gasteiger partial charge in [-0.3, -0.25) is 24.6 Å². The molecule has 268 valence electrons. The lowest BCUT2D eigenvalue weighted by Gasteiger charge is -2.41. The number of aliphatic hydroxyl groups excluding tert-OH is 1. The number of nitrogens with zero attached hydrogens (tertiary/aromatic N) is 2. The van der Waals surface area contributed by atoms with Gasteiger partial charge in [0.2, 0.25) is 11.8 Å². The van der Waals surface area contributed by atoms with Crippen molar-refractivity contribution in [3.63, 3.8) is 0 Å². The van der Waals surface area contributed by atoms with Crippen LogP contribution in [0.4, 0.5) is 0 Å². The first-order valence-corrected chi connectivity index (χ1v) is 17.8. The fourth-order valence-corrected chi connectivity index (χ4v) is 6.77. The second kappa shape index (κ2) is 18.2. The minimum atomic E-state index is -0.555. The van der Waals surface area contributed by atoms with Crippen molar-refractivity contribution in [2.24, 2.45) is 0 Å². The van der Waals surface area contributed by atoms with E-state index in [1.54, 1.807) is 5.48 Å². The molecule has 0 unspecified atom stereocenters. The van der Waals surface area contributed by atoms with E-state index >= 15 is 0 Å².